The van der Waals surface area contributed by atoms with Crippen LogP contribution in [-0.2, 0) is 11.2 Å². The Hall–Kier alpha value is -4.04. The smallest absolute Gasteiger partial charge is 0.283 e. The van der Waals surface area contributed by atoms with Gasteiger partial charge in [0.25, 0.3) is 5.56 Å². The fraction of sp³-hybridized carbons (Fsp3) is 0.148. The molecule has 0 saturated heterocycles. The highest BCUT2D eigenvalue weighted by Crippen LogP contribution is 2.31. The topological polar surface area (TPSA) is 80.2 Å². The number of fused-ring (bicyclic) bond motifs is 4. The number of nitrogens with one attached hydrogen (secondary N) is 1. The van der Waals surface area contributed by atoms with Crippen molar-refractivity contribution in [3.63, 3.8) is 0 Å². The van der Waals surface area contributed by atoms with Crippen molar-refractivity contribution in [1.82, 2.24) is 14.5 Å². The number of nitrogens with zero attached hydrogens (tertiary/aromatic N) is 3. The first-order valence-electron chi connectivity index (χ1n) is 11.3. The van der Waals surface area contributed by atoms with Gasteiger partial charge in [-0.25, -0.2) is 9.55 Å². The highest BCUT2D eigenvalue weighted by Gasteiger charge is 2.25. The molecule has 8 heteroatoms. The Balaban J connectivity index is 1.45. The zero-order valence-corrected chi connectivity index (χ0v) is 19.8. The third-order valence-corrected chi connectivity index (χ3v) is 7.26. The van der Waals surface area contributed by atoms with E-state index >= 15 is 0 Å². The number of H-pyrrole nitrogens is 1. The number of rotatable bonds is 5. The summed E-state index contributed by atoms with van der Waals surface area (Å²) in [5.74, 6) is 0.692. The average Bonchev–Trinajstić information content (AvgIpc) is 3.49. The van der Waals surface area contributed by atoms with Gasteiger partial charge in [0.1, 0.15) is 16.8 Å². The molecular weight excluding hydrogens is 460 g/mol. The minimum Gasteiger partial charge on any atom is -0.495 e. The van der Waals surface area contributed by atoms with E-state index in [9.17, 15) is 9.59 Å². The quantitative estimate of drug-likeness (QED) is 0.294. The zero-order chi connectivity index (χ0) is 23.9. The molecule has 6 rings (SSSR count). The van der Waals surface area contributed by atoms with Gasteiger partial charge in [-0.2, -0.15) is 0 Å². The van der Waals surface area contributed by atoms with Gasteiger partial charge in [0, 0.05) is 23.1 Å². The Bertz CT molecular complexity index is 1660. The second kappa shape index (κ2) is 8.63. The van der Waals surface area contributed by atoms with Crippen LogP contribution in [0.4, 0.5) is 5.69 Å². The second-order valence-corrected chi connectivity index (χ2v) is 9.26. The molecule has 7 nitrogen and oxygen atoms in total. The molecule has 3 heterocycles. The lowest BCUT2D eigenvalue weighted by molar-refractivity contribution is -0.116. The summed E-state index contributed by atoms with van der Waals surface area (Å²) in [6.07, 6.45) is 0.845. The highest BCUT2D eigenvalue weighted by molar-refractivity contribution is 7.99. The van der Waals surface area contributed by atoms with Crippen LogP contribution >= 0.6 is 11.8 Å². The van der Waals surface area contributed by atoms with E-state index in [0.717, 1.165) is 23.0 Å². The second-order valence-electron chi connectivity index (χ2n) is 8.31. The maximum atomic E-state index is 13.8. The van der Waals surface area contributed by atoms with Gasteiger partial charge in [-0.05, 0) is 36.2 Å². The van der Waals surface area contributed by atoms with Crippen molar-refractivity contribution in [2.45, 2.75) is 11.6 Å². The third kappa shape index (κ3) is 3.57. The Morgan fingerprint density at radius 1 is 1.03 bits per heavy atom. The van der Waals surface area contributed by atoms with Gasteiger partial charge in [-0.3, -0.25) is 9.59 Å². The molecule has 1 amide bonds. The molecule has 0 fully saturated rings. The summed E-state index contributed by atoms with van der Waals surface area (Å²) in [7, 11) is 1.57. The van der Waals surface area contributed by atoms with Gasteiger partial charge >= 0.3 is 0 Å². The number of hydrogen-bond donors (Lipinski definition) is 1. The molecule has 0 spiro atoms. The van der Waals surface area contributed by atoms with Crippen LogP contribution in [-0.4, -0.2) is 39.8 Å². The molecule has 0 atom stereocenters. The number of methoxy groups -OCH3 is 1. The molecule has 1 aliphatic heterocycles. The van der Waals surface area contributed by atoms with E-state index in [2.05, 4.69) is 11.1 Å². The first kappa shape index (κ1) is 21.5. The maximum Gasteiger partial charge on any atom is 0.283 e. The average molecular weight is 483 g/mol. The van der Waals surface area contributed by atoms with Crippen LogP contribution < -0.4 is 15.2 Å². The van der Waals surface area contributed by atoms with Gasteiger partial charge in [0.2, 0.25) is 5.91 Å². The molecule has 3 aromatic carbocycles. The summed E-state index contributed by atoms with van der Waals surface area (Å²) >= 11 is 1.26. The van der Waals surface area contributed by atoms with Crippen LogP contribution in [0.2, 0.25) is 0 Å². The Labute approximate surface area is 205 Å². The van der Waals surface area contributed by atoms with Crippen molar-refractivity contribution in [1.29, 1.82) is 0 Å². The molecule has 1 aliphatic rings. The molecule has 1 N–H and O–H groups in total. The van der Waals surface area contributed by atoms with E-state index in [4.69, 9.17) is 9.72 Å². The predicted molar refractivity (Wildman–Crippen MR) is 139 cm³/mol. The summed E-state index contributed by atoms with van der Waals surface area (Å²) in [6.45, 7) is 0.660. The normalized spacial score (nSPS) is 12.9. The summed E-state index contributed by atoms with van der Waals surface area (Å²) in [5, 5.41) is 1.31. The number of thioether (sulfide) groups is 1. The molecular formula is C27H22N4O3S. The molecule has 5 aromatic rings. The molecule has 2 aromatic heterocycles. The van der Waals surface area contributed by atoms with E-state index < -0.39 is 0 Å². The van der Waals surface area contributed by atoms with Crippen LogP contribution in [0.25, 0.3) is 27.6 Å². The lowest BCUT2D eigenvalue weighted by atomic mass is 10.2. The summed E-state index contributed by atoms with van der Waals surface area (Å²) in [4.78, 5) is 36.9. The summed E-state index contributed by atoms with van der Waals surface area (Å²) in [5.41, 5.74) is 4.33. The molecule has 35 heavy (non-hydrogen) atoms. The molecule has 0 aliphatic carbocycles. The first-order valence-corrected chi connectivity index (χ1v) is 12.3. The Kier molecular flexibility index (Phi) is 5.30. The van der Waals surface area contributed by atoms with Crippen molar-refractivity contribution < 1.29 is 9.53 Å². The molecule has 0 saturated carbocycles. The third-order valence-electron chi connectivity index (χ3n) is 6.33. The molecule has 0 radical (unpaired) electrons. The maximum absolute atomic E-state index is 13.8. The number of carbonyl (C=O) groups is 1. The van der Waals surface area contributed by atoms with Crippen molar-refractivity contribution in [3.8, 4) is 11.4 Å². The Morgan fingerprint density at radius 2 is 1.77 bits per heavy atom. The number of hydrogen-bond acceptors (Lipinski definition) is 5. The van der Waals surface area contributed by atoms with Gasteiger partial charge < -0.3 is 14.6 Å². The number of benzene rings is 3. The minimum atomic E-state index is -0.239. The van der Waals surface area contributed by atoms with E-state index in [1.165, 1.54) is 21.9 Å². The van der Waals surface area contributed by atoms with Gasteiger partial charge in [0.15, 0.2) is 5.16 Å². The van der Waals surface area contributed by atoms with Crippen LogP contribution in [0, 0.1) is 0 Å². The SMILES string of the molecule is COc1ccccc1-n1c(SCC(=O)N2CCc3ccccc32)nc2c([nH]c3ccccc32)c1=O. The number of ether oxygens (including phenoxy) is 1. The van der Waals surface area contributed by atoms with Crippen molar-refractivity contribution in [3.05, 3.63) is 88.7 Å². The van der Waals surface area contributed by atoms with Crippen LogP contribution in [0.3, 0.4) is 0 Å². The number of amides is 1. The van der Waals surface area contributed by atoms with Gasteiger partial charge in [0.05, 0.1) is 18.6 Å². The van der Waals surface area contributed by atoms with E-state index in [-0.39, 0.29) is 17.2 Å². The largest absolute Gasteiger partial charge is 0.495 e. The number of aromatic amines is 1. The first-order chi connectivity index (χ1) is 17.2. The van der Waals surface area contributed by atoms with Gasteiger partial charge in [-0.1, -0.05) is 60.3 Å². The fourth-order valence-electron chi connectivity index (χ4n) is 4.67. The number of aromatic nitrogens is 3. The summed E-state index contributed by atoms with van der Waals surface area (Å²) < 4.78 is 7.08. The van der Waals surface area contributed by atoms with Crippen LogP contribution in [0.15, 0.2) is 82.7 Å². The lowest BCUT2D eigenvalue weighted by Gasteiger charge is -2.18. The van der Waals surface area contributed by atoms with Crippen LogP contribution in [0.1, 0.15) is 5.56 Å². The number of anilines is 1. The standard InChI is InChI=1S/C27H22N4O3S/c1-34-22-13-7-6-12-21(22)31-26(33)25-24(18-9-3-4-10-19(18)28-25)29-27(31)35-16-23(32)30-15-14-17-8-2-5-11-20(17)30/h2-13,28H,14-16H2,1H3. The van der Waals surface area contributed by atoms with E-state index in [1.54, 1.807) is 13.2 Å². The molecule has 174 valence electrons. The highest BCUT2D eigenvalue weighted by atomic mass is 32.2. The van der Waals surface area contributed by atoms with Gasteiger partial charge in [-0.15, -0.1) is 0 Å². The molecule has 0 bridgehead atoms. The fourth-order valence-corrected chi connectivity index (χ4v) is 5.54. The number of carbonyl (C=O) groups excluding carboxylic acids is 1. The van der Waals surface area contributed by atoms with E-state index in [1.807, 2.05) is 65.6 Å². The van der Waals surface area contributed by atoms with Crippen molar-refractivity contribution in [2.24, 2.45) is 0 Å². The zero-order valence-electron chi connectivity index (χ0n) is 19.0. The van der Waals surface area contributed by atoms with Crippen LogP contribution in [0.5, 0.6) is 5.75 Å². The van der Waals surface area contributed by atoms with E-state index in [0.29, 0.717) is 34.2 Å². The summed E-state index contributed by atoms with van der Waals surface area (Å²) in [6, 6.07) is 23.0. The van der Waals surface area contributed by atoms with Crippen molar-refractivity contribution in [2.75, 3.05) is 24.3 Å². The number of para-hydroxylation sites is 4. The monoisotopic (exact) mass is 482 g/mol. The Morgan fingerprint density at radius 3 is 2.63 bits per heavy atom. The minimum absolute atomic E-state index is 0.0141. The lowest BCUT2D eigenvalue weighted by Crippen LogP contribution is -2.31. The molecule has 0 unspecified atom stereocenters. The van der Waals surface area contributed by atoms with Crippen molar-refractivity contribution >= 4 is 45.3 Å². The predicted octanol–water partition coefficient (Wildman–Crippen LogP) is 4.56.